The van der Waals surface area contributed by atoms with Gasteiger partial charge in [0.2, 0.25) is 5.88 Å². The lowest BCUT2D eigenvalue weighted by atomic mass is 10.2. The molecule has 1 amide bonds. The van der Waals surface area contributed by atoms with Gasteiger partial charge in [-0.25, -0.2) is 4.98 Å². The van der Waals surface area contributed by atoms with E-state index in [0.29, 0.717) is 29.8 Å². The smallest absolute Gasteiger partial charge is 0.259 e. The maximum atomic E-state index is 12.8. The summed E-state index contributed by atoms with van der Waals surface area (Å²) in [6.45, 7) is 3.81. The third-order valence-corrected chi connectivity index (χ3v) is 5.06. The average Bonchev–Trinajstić information content (AvgIpc) is 3.00. The Morgan fingerprint density at radius 2 is 2.35 bits per heavy atom. The maximum absolute atomic E-state index is 12.8. The zero-order chi connectivity index (χ0) is 16.1. The quantitative estimate of drug-likeness (QED) is 0.859. The number of carbonyl (C=O) groups excluding carboxylic acids is 1. The molecule has 2 aromatic heterocycles. The molecule has 1 aliphatic heterocycles. The molecular weight excluding hydrogens is 312 g/mol. The molecule has 0 bridgehead atoms. The second-order valence-corrected chi connectivity index (χ2v) is 6.56. The second kappa shape index (κ2) is 7.55. The van der Waals surface area contributed by atoms with Crippen molar-refractivity contribution >= 4 is 17.7 Å². The van der Waals surface area contributed by atoms with Gasteiger partial charge in [-0.15, -0.1) is 11.8 Å². The number of rotatable bonds is 4. The molecule has 0 radical (unpaired) electrons. The van der Waals surface area contributed by atoms with Crippen molar-refractivity contribution < 1.29 is 13.9 Å². The molecule has 1 saturated heterocycles. The molecule has 3 rings (SSSR count). The fourth-order valence-electron chi connectivity index (χ4n) is 2.65. The Kier molecular flexibility index (Phi) is 5.23. The van der Waals surface area contributed by atoms with E-state index in [2.05, 4.69) is 4.98 Å². The molecule has 2 aromatic rings. The number of carbonyl (C=O) groups is 1. The van der Waals surface area contributed by atoms with Crippen molar-refractivity contribution in [2.45, 2.75) is 18.6 Å². The predicted octanol–water partition coefficient (Wildman–Crippen LogP) is 3.39. The van der Waals surface area contributed by atoms with Crippen molar-refractivity contribution in [1.29, 1.82) is 0 Å². The minimum Gasteiger partial charge on any atom is -0.477 e. The summed E-state index contributed by atoms with van der Waals surface area (Å²) >= 11 is 1.84. The van der Waals surface area contributed by atoms with E-state index in [1.54, 1.807) is 24.6 Å². The summed E-state index contributed by atoms with van der Waals surface area (Å²) in [7, 11) is 0. The third-order valence-electron chi connectivity index (χ3n) is 3.77. The molecule has 122 valence electrons. The molecule has 1 atom stereocenters. The van der Waals surface area contributed by atoms with E-state index in [1.165, 1.54) is 0 Å². The first-order valence-corrected chi connectivity index (χ1v) is 8.86. The summed E-state index contributed by atoms with van der Waals surface area (Å²) < 4.78 is 11.0. The number of thioether (sulfide) groups is 1. The Hall–Kier alpha value is -1.95. The molecule has 0 saturated carbocycles. The van der Waals surface area contributed by atoms with Crippen LogP contribution in [0.2, 0.25) is 0 Å². The fourth-order valence-corrected chi connectivity index (χ4v) is 3.83. The molecule has 1 fully saturated rings. The molecule has 0 N–H and O–H groups in total. The second-order valence-electron chi connectivity index (χ2n) is 5.24. The minimum atomic E-state index is -0.0118. The van der Waals surface area contributed by atoms with Crippen LogP contribution in [-0.2, 0) is 0 Å². The van der Waals surface area contributed by atoms with E-state index in [-0.39, 0.29) is 5.91 Å². The number of aromatic nitrogens is 1. The number of nitrogens with zero attached hydrogens (tertiary/aromatic N) is 2. The SMILES string of the molecule is CCOc1ncccc1C(=O)N1CCS[C@H](c2ccco2)CC1. The van der Waals surface area contributed by atoms with Gasteiger partial charge in [0.25, 0.3) is 5.91 Å². The van der Waals surface area contributed by atoms with Crippen molar-refractivity contribution in [3.05, 3.63) is 48.0 Å². The lowest BCUT2D eigenvalue weighted by Gasteiger charge is -2.21. The van der Waals surface area contributed by atoms with E-state index in [9.17, 15) is 4.79 Å². The molecule has 5 nitrogen and oxygen atoms in total. The van der Waals surface area contributed by atoms with Crippen LogP contribution in [0.4, 0.5) is 0 Å². The van der Waals surface area contributed by atoms with E-state index >= 15 is 0 Å². The van der Waals surface area contributed by atoms with Crippen LogP contribution >= 0.6 is 11.8 Å². The van der Waals surface area contributed by atoms with Crippen molar-refractivity contribution in [2.75, 3.05) is 25.4 Å². The van der Waals surface area contributed by atoms with Crippen LogP contribution in [0.25, 0.3) is 0 Å². The maximum Gasteiger partial charge on any atom is 0.259 e. The van der Waals surface area contributed by atoms with Gasteiger partial charge in [-0.2, -0.15) is 0 Å². The fraction of sp³-hybridized carbons (Fsp3) is 0.412. The van der Waals surface area contributed by atoms with Gasteiger partial charge in [0.1, 0.15) is 11.3 Å². The van der Waals surface area contributed by atoms with Gasteiger partial charge in [0.15, 0.2) is 0 Å². The summed E-state index contributed by atoms with van der Waals surface area (Å²) in [5.74, 6) is 2.28. The summed E-state index contributed by atoms with van der Waals surface area (Å²) in [5.41, 5.74) is 0.538. The van der Waals surface area contributed by atoms with Crippen LogP contribution in [0.5, 0.6) is 5.88 Å². The number of furan rings is 1. The number of ether oxygens (including phenoxy) is 1. The molecule has 23 heavy (non-hydrogen) atoms. The first-order chi connectivity index (χ1) is 11.3. The van der Waals surface area contributed by atoms with E-state index in [4.69, 9.17) is 9.15 Å². The highest BCUT2D eigenvalue weighted by molar-refractivity contribution is 7.99. The Morgan fingerprint density at radius 3 is 3.13 bits per heavy atom. The normalized spacial score (nSPS) is 18.5. The van der Waals surface area contributed by atoms with Gasteiger partial charge in [0, 0.05) is 25.0 Å². The highest BCUT2D eigenvalue weighted by Gasteiger charge is 2.26. The van der Waals surface area contributed by atoms with Gasteiger partial charge < -0.3 is 14.1 Å². The first-order valence-electron chi connectivity index (χ1n) is 7.81. The van der Waals surface area contributed by atoms with Crippen LogP contribution in [-0.4, -0.2) is 41.2 Å². The summed E-state index contributed by atoms with van der Waals surface area (Å²) in [4.78, 5) is 18.9. The third kappa shape index (κ3) is 3.69. The number of amides is 1. The van der Waals surface area contributed by atoms with Gasteiger partial charge >= 0.3 is 0 Å². The Morgan fingerprint density at radius 1 is 1.43 bits per heavy atom. The topological polar surface area (TPSA) is 55.6 Å². The Labute approximate surface area is 140 Å². The molecule has 1 aliphatic rings. The summed E-state index contributed by atoms with van der Waals surface area (Å²) in [5, 5.41) is 0.308. The molecule has 0 spiro atoms. The standard InChI is InChI=1S/C17H20N2O3S/c1-2-21-16-13(5-3-8-18-16)17(20)19-9-7-15(23-12-10-19)14-6-4-11-22-14/h3-6,8,11,15H,2,7,9-10,12H2,1H3/t15-/m0/s1. The zero-order valence-electron chi connectivity index (χ0n) is 13.1. The van der Waals surface area contributed by atoms with Crippen LogP contribution in [0.3, 0.4) is 0 Å². The number of hydrogen-bond donors (Lipinski definition) is 0. The average molecular weight is 332 g/mol. The highest BCUT2D eigenvalue weighted by atomic mass is 32.2. The van der Waals surface area contributed by atoms with Crippen LogP contribution < -0.4 is 4.74 Å². The van der Waals surface area contributed by atoms with Gasteiger partial charge in [-0.1, -0.05) is 0 Å². The predicted molar refractivity (Wildman–Crippen MR) is 89.8 cm³/mol. The van der Waals surface area contributed by atoms with E-state index < -0.39 is 0 Å². The molecule has 3 heterocycles. The summed E-state index contributed by atoms with van der Waals surface area (Å²) in [6.07, 6.45) is 4.23. The molecule has 0 aliphatic carbocycles. The van der Waals surface area contributed by atoms with Crippen LogP contribution in [0.1, 0.15) is 34.7 Å². The van der Waals surface area contributed by atoms with Gasteiger partial charge in [-0.3, -0.25) is 4.79 Å². The van der Waals surface area contributed by atoms with Crippen molar-refractivity contribution in [1.82, 2.24) is 9.88 Å². The molecule has 0 aromatic carbocycles. The molecule has 6 heteroatoms. The van der Waals surface area contributed by atoms with E-state index in [0.717, 1.165) is 24.5 Å². The number of hydrogen-bond acceptors (Lipinski definition) is 5. The first kappa shape index (κ1) is 15.9. The Bertz CT molecular complexity index is 645. The molecular formula is C17H20N2O3S. The van der Waals surface area contributed by atoms with E-state index in [1.807, 2.05) is 35.7 Å². The Balaban J connectivity index is 1.71. The molecule has 0 unspecified atom stereocenters. The lowest BCUT2D eigenvalue weighted by molar-refractivity contribution is 0.0761. The zero-order valence-corrected chi connectivity index (χ0v) is 13.9. The van der Waals surface area contributed by atoms with Gasteiger partial charge in [-0.05, 0) is 37.6 Å². The van der Waals surface area contributed by atoms with Crippen molar-refractivity contribution in [2.24, 2.45) is 0 Å². The highest BCUT2D eigenvalue weighted by Crippen LogP contribution is 2.35. The summed E-state index contributed by atoms with van der Waals surface area (Å²) in [6, 6.07) is 7.47. The number of pyridine rings is 1. The monoisotopic (exact) mass is 332 g/mol. The van der Waals surface area contributed by atoms with Crippen molar-refractivity contribution in [3.63, 3.8) is 0 Å². The van der Waals surface area contributed by atoms with Crippen LogP contribution in [0, 0.1) is 0 Å². The van der Waals surface area contributed by atoms with Crippen LogP contribution in [0.15, 0.2) is 41.1 Å². The van der Waals surface area contributed by atoms with Crippen molar-refractivity contribution in [3.8, 4) is 5.88 Å². The largest absolute Gasteiger partial charge is 0.477 e. The lowest BCUT2D eigenvalue weighted by Crippen LogP contribution is -2.33. The minimum absolute atomic E-state index is 0.0118. The van der Waals surface area contributed by atoms with Gasteiger partial charge in [0.05, 0.1) is 18.1 Å².